The lowest BCUT2D eigenvalue weighted by Gasteiger charge is -2.35. The van der Waals surface area contributed by atoms with Crippen molar-refractivity contribution in [3.63, 3.8) is 0 Å². The summed E-state index contributed by atoms with van der Waals surface area (Å²) in [5.74, 6) is 2.88. The summed E-state index contributed by atoms with van der Waals surface area (Å²) in [6.45, 7) is 1.87. The molecular formula is C28H26N4O5. The van der Waals surface area contributed by atoms with E-state index < -0.39 is 6.04 Å². The quantitative estimate of drug-likeness (QED) is 0.361. The van der Waals surface area contributed by atoms with Gasteiger partial charge in [0.05, 0.1) is 38.6 Å². The molecule has 1 aliphatic heterocycles. The van der Waals surface area contributed by atoms with Gasteiger partial charge in [0.2, 0.25) is 5.82 Å². The highest BCUT2D eigenvalue weighted by Crippen LogP contribution is 2.39. The van der Waals surface area contributed by atoms with Crippen LogP contribution in [0.5, 0.6) is 17.2 Å². The Bertz CT molecular complexity index is 1430. The van der Waals surface area contributed by atoms with E-state index in [1.807, 2.05) is 67.6 Å². The van der Waals surface area contributed by atoms with E-state index in [1.165, 1.54) is 0 Å². The van der Waals surface area contributed by atoms with Crippen LogP contribution in [0.25, 0.3) is 17.0 Å². The lowest BCUT2D eigenvalue weighted by Crippen LogP contribution is -2.46. The molecule has 0 saturated heterocycles. The van der Waals surface area contributed by atoms with Crippen LogP contribution in [0.3, 0.4) is 0 Å². The number of urea groups is 1. The fourth-order valence-corrected chi connectivity index (χ4v) is 4.30. The lowest BCUT2D eigenvalue weighted by atomic mass is 9.94. The van der Waals surface area contributed by atoms with Gasteiger partial charge >= 0.3 is 6.03 Å². The van der Waals surface area contributed by atoms with Crippen molar-refractivity contribution in [2.75, 3.05) is 26.2 Å². The van der Waals surface area contributed by atoms with Gasteiger partial charge < -0.3 is 24.1 Å². The standard InChI is InChI=1S/C28H26N4O5/c1-17-24(27-30-26(31-37-27)19-7-13-22(35-3)14-8-19)25(18-5-11-21(34-2)12-6-18)29-28(33)32(17)20-9-15-23(36-4)16-10-20/h5-16,25H,1-4H3,(H,29,33). The van der Waals surface area contributed by atoms with E-state index in [0.717, 1.165) is 16.9 Å². The van der Waals surface area contributed by atoms with Crippen LogP contribution in [0.4, 0.5) is 10.5 Å². The molecule has 3 aromatic carbocycles. The van der Waals surface area contributed by atoms with Crippen molar-refractivity contribution in [2.24, 2.45) is 0 Å². The number of hydrogen-bond acceptors (Lipinski definition) is 7. The Balaban J connectivity index is 1.61. The molecule has 188 valence electrons. The van der Waals surface area contributed by atoms with E-state index in [9.17, 15) is 4.79 Å². The summed E-state index contributed by atoms with van der Waals surface area (Å²) in [5.41, 5.74) is 3.66. The van der Waals surface area contributed by atoms with Gasteiger partial charge in [-0.25, -0.2) is 4.79 Å². The topological polar surface area (TPSA) is 99.0 Å². The second-order valence-corrected chi connectivity index (χ2v) is 8.34. The van der Waals surface area contributed by atoms with Crippen LogP contribution in [0.15, 0.2) is 83.0 Å². The van der Waals surface area contributed by atoms with Gasteiger partial charge in [0, 0.05) is 11.3 Å². The summed E-state index contributed by atoms with van der Waals surface area (Å²) in [4.78, 5) is 19.7. The average Bonchev–Trinajstić information content (AvgIpc) is 3.43. The smallest absolute Gasteiger partial charge is 0.326 e. The first-order valence-electron chi connectivity index (χ1n) is 11.6. The SMILES string of the molecule is COc1ccc(-c2noc(C3=C(C)N(c4ccc(OC)cc4)C(=O)NC3c3ccc(OC)cc3)n2)cc1. The number of carbonyl (C=O) groups is 1. The molecule has 9 heteroatoms. The number of rotatable bonds is 7. The van der Waals surface area contributed by atoms with Crippen molar-refractivity contribution in [3.05, 3.63) is 89.9 Å². The molecule has 1 N–H and O–H groups in total. The highest BCUT2D eigenvalue weighted by atomic mass is 16.5. The molecular weight excluding hydrogens is 472 g/mol. The molecule has 2 amide bonds. The molecule has 37 heavy (non-hydrogen) atoms. The van der Waals surface area contributed by atoms with E-state index in [2.05, 4.69) is 10.5 Å². The zero-order chi connectivity index (χ0) is 25.9. The first-order chi connectivity index (χ1) is 18.0. The van der Waals surface area contributed by atoms with Crippen molar-refractivity contribution in [1.29, 1.82) is 0 Å². The minimum atomic E-state index is -0.517. The number of ether oxygens (including phenoxy) is 3. The van der Waals surface area contributed by atoms with Crippen molar-refractivity contribution < 1.29 is 23.5 Å². The maximum absolute atomic E-state index is 13.4. The predicted molar refractivity (Wildman–Crippen MR) is 139 cm³/mol. The third-order valence-corrected chi connectivity index (χ3v) is 6.27. The Morgan fingerprint density at radius 1 is 0.811 bits per heavy atom. The van der Waals surface area contributed by atoms with Crippen LogP contribution in [-0.2, 0) is 0 Å². The van der Waals surface area contributed by atoms with Crippen molar-refractivity contribution in [1.82, 2.24) is 15.5 Å². The number of benzene rings is 3. The van der Waals surface area contributed by atoms with Crippen molar-refractivity contribution in [2.45, 2.75) is 13.0 Å². The molecule has 1 aromatic heterocycles. The van der Waals surface area contributed by atoms with Crippen LogP contribution >= 0.6 is 0 Å². The van der Waals surface area contributed by atoms with Gasteiger partial charge in [-0.15, -0.1) is 0 Å². The molecule has 1 unspecified atom stereocenters. The van der Waals surface area contributed by atoms with Crippen molar-refractivity contribution in [3.8, 4) is 28.6 Å². The molecule has 0 fully saturated rings. The van der Waals surface area contributed by atoms with Crippen LogP contribution in [0, 0.1) is 0 Å². The van der Waals surface area contributed by atoms with Crippen molar-refractivity contribution >= 4 is 17.3 Å². The zero-order valence-corrected chi connectivity index (χ0v) is 20.9. The fourth-order valence-electron chi connectivity index (χ4n) is 4.30. The number of hydrogen-bond donors (Lipinski definition) is 1. The van der Waals surface area contributed by atoms with Gasteiger partial charge in [0.15, 0.2) is 0 Å². The predicted octanol–water partition coefficient (Wildman–Crippen LogP) is 5.46. The van der Waals surface area contributed by atoms with Crippen LogP contribution in [0.1, 0.15) is 24.4 Å². The second kappa shape index (κ2) is 10.1. The summed E-state index contributed by atoms with van der Waals surface area (Å²) in [6.07, 6.45) is 0. The Hall–Kier alpha value is -4.79. The minimum Gasteiger partial charge on any atom is -0.497 e. The molecule has 2 heterocycles. The Morgan fingerprint density at radius 2 is 1.35 bits per heavy atom. The van der Waals surface area contributed by atoms with E-state index in [0.29, 0.717) is 40.2 Å². The first kappa shape index (κ1) is 23.9. The highest BCUT2D eigenvalue weighted by Gasteiger charge is 2.36. The molecule has 0 spiro atoms. The van der Waals surface area contributed by atoms with E-state index in [1.54, 1.807) is 38.4 Å². The molecule has 0 saturated carbocycles. The van der Waals surface area contributed by atoms with Gasteiger partial charge in [-0.1, -0.05) is 17.3 Å². The van der Waals surface area contributed by atoms with Gasteiger partial charge in [-0.2, -0.15) is 4.98 Å². The van der Waals surface area contributed by atoms with Gasteiger partial charge in [0.1, 0.15) is 17.2 Å². The van der Waals surface area contributed by atoms with Crippen LogP contribution < -0.4 is 24.4 Å². The summed E-state index contributed by atoms with van der Waals surface area (Å²) in [6, 6.07) is 21.4. The van der Waals surface area contributed by atoms with Crippen LogP contribution in [0.2, 0.25) is 0 Å². The van der Waals surface area contributed by atoms with E-state index >= 15 is 0 Å². The van der Waals surface area contributed by atoms with E-state index in [-0.39, 0.29) is 6.03 Å². The normalized spacial score (nSPS) is 15.4. The summed E-state index contributed by atoms with van der Waals surface area (Å²) in [7, 11) is 4.82. The summed E-state index contributed by atoms with van der Waals surface area (Å²) in [5, 5.41) is 7.32. The third kappa shape index (κ3) is 4.58. The molecule has 9 nitrogen and oxygen atoms in total. The fraction of sp³-hybridized carbons (Fsp3) is 0.179. The zero-order valence-electron chi connectivity index (χ0n) is 20.9. The first-order valence-corrected chi connectivity index (χ1v) is 11.6. The number of amides is 2. The van der Waals surface area contributed by atoms with Gasteiger partial charge in [-0.3, -0.25) is 4.90 Å². The Kier molecular flexibility index (Phi) is 6.51. The molecule has 0 bridgehead atoms. The maximum Gasteiger partial charge on any atom is 0.326 e. The summed E-state index contributed by atoms with van der Waals surface area (Å²) >= 11 is 0. The Morgan fingerprint density at radius 3 is 1.92 bits per heavy atom. The van der Waals surface area contributed by atoms with Gasteiger partial charge in [-0.05, 0) is 73.2 Å². The number of nitrogens with zero attached hydrogens (tertiary/aromatic N) is 3. The molecule has 4 aromatic rings. The molecule has 5 rings (SSSR count). The Labute approximate surface area is 214 Å². The second-order valence-electron chi connectivity index (χ2n) is 8.34. The maximum atomic E-state index is 13.4. The number of methoxy groups -OCH3 is 3. The molecule has 0 aliphatic carbocycles. The third-order valence-electron chi connectivity index (χ3n) is 6.27. The highest BCUT2D eigenvalue weighted by molar-refractivity contribution is 6.01. The number of anilines is 1. The average molecular weight is 499 g/mol. The van der Waals surface area contributed by atoms with Crippen LogP contribution in [-0.4, -0.2) is 37.5 Å². The lowest BCUT2D eigenvalue weighted by molar-refractivity contribution is 0.244. The number of allylic oxidation sites excluding steroid dienone is 1. The number of aromatic nitrogens is 2. The van der Waals surface area contributed by atoms with Gasteiger partial charge in [0.25, 0.3) is 5.89 Å². The largest absolute Gasteiger partial charge is 0.497 e. The summed E-state index contributed by atoms with van der Waals surface area (Å²) < 4.78 is 21.6. The molecule has 1 atom stereocenters. The monoisotopic (exact) mass is 498 g/mol. The van der Waals surface area contributed by atoms with E-state index in [4.69, 9.17) is 23.7 Å². The number of carbonyl (C=O) groups excluding carboxylic acids is 1. The number of nitrogens with one attached hydrogen (secondary N) is 1. The molecule has 0 radical (unpaired) electrons. The molecule has 1 aliphatic rings. The minimum absolute atomic E-state index is 0.276.